The van der Waals surface area contributed by atoms with E-state index in [1.807, 2.05) is 6.26 Å². The molecule has 1 heteroatoms. The normalized spacial score (nSPS) is 47.4. The summed E-state index contributed by atoms with van der Waals surface area (Å²) in [6, 6.07) is 0. The van der Waals surface area contributed by atoms with E-state index in [0.717, 1.165) is 23.7 Å². The molecule has 0 aromatic heterocycles. The molecule has 2 saturated carbocycles. The standard InChI is InChI=1S/C15H24O/c1-11-5-2-3-6-12(11)13-7-4-8-15-14(13)9-10-16-15/h9-15H,2-8H2,1H3. The highest BCUT2D eigenvalue weighted by Crippen LogP contribution is 2.46. The first-order valence-electron chi connectivity index (χ1n) is 7.18. The van der Waals surface area contributed by atoms with Crippen molar-refractivity contribution in [2.75, 3.05) is 0 Å². The van der Waals surface area contributed by atoms with Crippen molar-refractivity contribution in [3.63, 3.8) is 0 Å². The predicted molar refractivity (Wildman–Crippen MR) is 66.0 cm³/mol. The molecule has 90 valence electrons. The van der Waals surface area contributed by atoms with E-state index in [-0.39, 0.29) is 0 Å². The van der Waals surface area contributed by atoms with Crippen molar-refractivity contribution in [2.45, 2.75) is 58.0 Å². The molecule has 2 fully saturated rings. The van der Waals surface area contributed by atoms with Crippen molar-refractivity contribution in [3.05, 3.63) is 12.3 Å². The van der Waals surface area contributed by atoms with Gasteiger partial charge in [0.05, 0.1) is 6.26 Å². The van der Waals surface area contributed by atoms with E-state index in [2.05, 4.69) is 13.0 Å². The van der Waals surface area contributed by atoms with Gasteiger partial charge in [0.2, 0.25) is 0 Å². The summed E-state index contributed by atoms with van der Waals surface area (Å²) in [6.45, 7) is 2.48. The van der Waals surface area contributed by atoms with Crippen LogP contribution < -0.4 is 0 Å². The topological polar surface area (TPSA) is 9.23 Å². The molecule has 1 nitrogen and oxygen atoms in total. The Labute approximate surface area is 99.3 Å². The summed E-state index contributed by atoms with van der Waals surface area (Å²) < 4.78 is 5.73. The maximum absolute atomic E-state index is 5.73. The van der Waals surface area contributed by atoms with Crippen molar-refractivity contribution >= 4 is 0 Å². The van der Waals surface area contributed by atoms with Gasteiger partial charge < -0.3 is 4.74 Å². The van der Waals surface area contributed by atoms with Gasteiger partial charge in [0, 0.05) is 5.92 Å². The molecule has 0 radical (unpaired) electrons. The summed E-state index contributed by atoms with van der Waals surface area (Å²) in [4.78, 5) is 0. The Morgan fingerprint density at radius 1 is 0.938 bits per heavy atom. The van der Waals surface area contributed by atoms with Crippen molar-refractivity contribution in [2.24, 2.45) is 23.7 Å². The number of fused-ring (bicyclic) bond motifs is 1. The first kappa shape index (κ1) is 10.7. The zero-order valence-electron chi connectivity index (χ0n) is 10.4. The van der Waals surface area contributed by atoms with Crippen LogP contribution in [0.4, 0.5) is 0 Å². The molecule has 3 rings (SSSR count). The molecule has 0 bridgehead atoms. The zero-order chi connectivity index (χ0) is 11.0. The van der Waals surface area contributed by atoms with Gasteiger partial charge in [-0.3, -0.25) is 0 Å². The molecule has 0 saturated heterocycles. The van der Waals surface area contributed by atoms with Gasteiger partial charge in [-0.25, -0.2) is 0 Å². The van der Waals surface area contributed by atoms with Crippen LogP contribution in [0, 0.1) is 23.7 Å². The van der Waals surface area contributed by atoms with Crippen LogP contribution in [-0.2, 0) is 4.74 Å². The summed E-state index contributed by atoms with van der Waals surface area (Å²) in [6.07, 6.45) is 14.9. The van der Waals surface area contributed by atoms with Gasteiger partial charge in [0.25, 0.3) is 0 Å². The smallest absolute Gasteiger partial charge is 0.104 e. The number of ether oxygens (including phenoxy) is 1. The summed E-state index contributed by atoms with van der Waals surface area (Å²) in [5.41, 5.74) is 0. The second kappa shape index (κ2) is 4.43. The van der Waals surface area contributed by atoms with Crippen LogP contribution in [0.3, 0.4) is 0 Å². The first-order chi connectivity index (χ1) is 7.86. The molecule has 5 unspecified atom stereocenters. The maximum Gasteiger partial charge on any atom is 0.104 e. The number of rotatable bonds is 1. The van der Waals surface area contributed by atoms with E-state index < -0.39 is 0 Å². The van der Waals surface area contributed by atoms with E-state index in [0.29, 0.717) is 6.10 Å². The van der Waals surface area contributed by atoms with Crippen LogP contribution in [0.2, 0.25) is 0 Å². The third-order valence-corrected chi connectivity index (χ3v) is 5.23. The Morgan fingerprint density at radius 3 is 2.62 bits per heavy atom. The van der Waals surface area contributed by atoms with Gasteiger partial charge in [-0.15, -0.1) is 0 Å². The molecule has 1 heterocycles. The van der Waals surface area contributed by atoms with E-state index in [1.54, 1.807) is 0 Å². The number of hydrogen-bond donors (Lipinski definition) is 0. The second-order valence-electron chi connectivity index (χ2n) is 6.10. The third kappa shape index (κ3) is 1.78. The largest absolute Gasteiger partial charge is 0.498 e. The minimum Gasteiger partial charge on any atom is -0.498 e. The van der Waals surface area contributed by atoms with E-state index in [4.69, 9.17) is 4.74 Å². The lowest BCUT2D eigenvalue weighted by molar-refractivity contribution is 0.0249. The Bertz CT molecular complexity index is 271. The highest BCUT2D eigenvalue weighted by Gasteiger charge is 2.41. The summed E-state index contributed by atoms with van der Waals surface area (Å²) in [5, 5.41) is 0. The summed E-state index contributed by atoms with van der Waals surface area (Å²) >= 11 is 0. The quantitative estimate of drug-likeness (QED) is 0.645. The SMILES string of the molecule is CC1CCCCC1C1CCCC2OC=CC21. The van der Waals surface area contributed by atoms with Crippen LogP contribution in [-0.4, -0.2) is 6.10 Å². The average Bonchev–Trinajstić information content (AvgIpc) is 2.77. The lowest BCUT2D eigenvalue weighted by Gasteiger charge is -2.42. The van der Waals surface area contributed by atoms with E-state index >= 15 is 0 Å². The zero-order valence-corrected chi connectivity index (χ0v) is 10.4. The molecule has 5 atom stereocenters. The summed E-state index contributed by atoms with van der Waals surface area (Å²) in [7, 11) is 0. The van der Waals surface area contributed by atoms with Crippen molar-refractivity contribution in [3.8, 4) is 0 Å². The van der Waals surface area contributed by atoms with Crippen molar-refractivity contribution in [1.29, 1.82) is 0 Å². The van der Waals surface area contributed by atoms with Crippen LogP contribution in [0.25, 0.3) is 0 Å². The average molecular weight is 220 g/mol. The van der Waals surface area contributed by atoms with Crippen LogP contribution >= 0.6 is 0 Å². The van der Waals surface area contributed by atoms with Gasteiger partial charge >= 0.3 is 0 Å². The monoisotopic (exact) mass is 220 g/mol. The maximum atomic E-state index is 5.73. The molecule has 0 aromatic carbocycles. The van der Waals surface area contributed by atoms with Gasteiger partial charge in [-0.2, -0.15) is 0 Å². The van der Waals surface area contributed by atoms with E-state index in [9.17, 15) is 0 Å². The van der Waals surface area contributed by atoms with Gasteiger partial charge in [-0.1, -0.05) is 26.2 Å². The minimum absolute atomic E-state index is 0.535. The van der Waals surface area contributed by atoms with Crippen LogP contribution in [0.1, 0.15) is 51.9 Å². The Hall–Kier alpha value is -0.460. The highest BCUT2D eigenvalue weighted by atomic mass is 16.5. The molecule has 1 aliphatic heterocycles. The molecular formula is C15H24O. The van der Waals surface area contributed by atoms with Crippen molar-refractivity contribution in [1.82, 2.24) is 0 Å². The lowest BCUT2D eigenvalue weighted by atomic mass is 9.64. The molecule has 0 aromatic rings. The fourth-order valence-electron chi connectivity index (χ4n) is 4.36. The minimum atomic E-state index is 0.535. The summed E-state index contributed by atoms with van der Waals surface area (Å²) in [5.74, 6) is 3.60. The Kier molecular flexibility index (Phi) is 2.95. The van der Waals surface area contributed by atoms with Gasteiger partial charge in [-0.05, 0) is 49.5 Å². The molecule has 3 aliphatic rings. The third-order valence-electron chi connectivity index (χ3n) is 5.23. The highest BCUT2D eigenvalue weighted by molar-refractivity contribution is 5.03. The fourth-order valence-corrected chi connectivity index (χ4v) is 4.36. The van der Waals surface area contributed by atoms with Crippen molar-refractivity contribution < 1.29 is 4.74 Å². The second-order valence-corrected chi connectivity index (χ2v) is 6.10. The lowest BCUT2D eigenvalue weighted by Crippen LogP contribution is -2.37. The molecular weight excluding hydrogens is 196 g/mol. The van der Waals surface area contributed by atoms with Crippen LogP contribution in [0.15, 0.2) is 12.3 Å². The Morgan fingerprint density at radius 2 is 1.75 bits per heavy atom. The molecule has 0 amide bonds. The molecule has 0 spiro atoms. The van der Waals surface area contributed by atoms with Crippen LogP contribution in [0.5, 0.6) is 0 Å². The van der Waals surface area contributed by atoms with Gasteiger partial charge in [0.15, 0.2) is 0 Å². The molecule has 0 N–H and O–H groups in total. The number of hydrogen-bond acceptors (Lipinski definition) is 1. The molecule has 16 heavy (non-hydrogen) atoms. The van der Waals surface area contributed by atoms with Gasteiger partial charge in [0.1, 0.15) is 6.10 Å². The fraction of sp³-hybridized carbons (Fsp3) is 0.867. The first-order valence-corrected chi connectivity index (χ1v) is 7.18. The predicted octanol–water partition coefficient (Wildman–Crippen LogP) is 4.14. The van der Waals surface area contributed by atoms with E-state index in [1.165, 1.54) is 44.9 Å². The molecule has 2 aliphatic carbocycles. The Balaban J connectivity index is 1.74.